The van der Waals surface area contributed by atoms with E-state index in [9.17, 15) is 4.79 Å². The van der Waals surface area contributed by atoms with E-state index < -0.39 is 0 Å². The molecule has 7 nitrogen and oxygen atoms in total. The molecule has 0 unspecified atom stereocenters. The number of hydrogen-bond acceptors (Lipinski definition) is 6. The van der Waals surface area contributed by atoms with Crippen molar-refractivity contribution in [2.75, 3.05) is 11.1 Å². The van der Waals surface area contributed by atoms with Gasteiger partial charge in [0.25, 0.3) is 0 Å². The smallest absolute Gasteiger partial charge is 0.226 e. The van der Waals surface area contributed by atoms with Crippen molar-refractivity contribution in [3.8, 4) is 11.4 Å². The van der Waals surface area contributed by atoms with Crippen LogP contribution < -0.4 is 5.32 Å². The molecule has 142 valence electrons. The summed E-state index contributed by atoms with van der Waals surface area (Å²) in [7, 11) is 0. The molecule has 2 heterocycles. The van der Waals surface area contributed by atoms with Crippen molar-refractivity contribution >= 4 is 23.5 Å². The van der Waals surface area contributed by atoms with E-state index in [0.717, 1.165) is 29.5 Å². The van der Waals surface area contributed by atoms with Gasteiger partial charge in [-0.1, -0.05) is 47.6 Å². The molecule has 0 saturated carbocycles. The maximum atomic E-state index is 12.0. The predicted molar refractivity (Wildman–Crippen MR) is 106 cm³/mol. The molecule has 8 heteroatoms. The van der Waals surface area contributed by atoms with E-state index in [1.54, 1.807) is 13.0 Å². The Labute approximate surface area is 162 Å². The Morgan fingerprint density at radius 2 is 2.11 bits per heavy atom. The van der Waals surface area contributed by atoms with Gasteiger partial charge in [-0.2, -0.15) is 0 Å². The third-order valence-corrected chi connectivity index (χ3v) is 4.86. The molecule has 1 N–H and O–H groups in total. The van der Waals surface area contributed by atoms with Gasteiger partial charge in [0, 0.05) is 30.3 Å². The summed E-state index contributed by atoms with van der Waals surface area (Å²) in [6.45, 7) is 6.81. The van der Waals surface area contributed by atoms with Crippen molar-refractivity contribution in [1.29, 1.82) is 0 Å². The van der Waals surface area contributed by atoms with E-state index in [4.69, 9.17) is 4.52 Å². The Kier molecular flexibility index (Phi) is 6.28. The second-order valence-electron chi connectivity index (χ2n) is 6.30. The highest BCUT2D eigenvalue weighted by atomic mass is 32.2. The van der Waals surface area contributed by atoms with Gasteiger partial charge >= 0.3 is 0 Å². The van der Waals surface area contributed by atoms with E-state index in [1.165, 1.54) is 17.3 Å². The van der Waals surface area contributed by atoms with Gasteiger partial charge in [0.2, 0.25) is 5.91 Å². The standard InChI is InChI=1S/C19H23N5O2S/c1-4-9-24-18(15-7-5-6-13(2)11-15)21-22-19(24)27-10-8-17(25)20-16-12-14(3)26-23-16/h5-7,11-12H,4,8-10H2,1-3H3,(H,20,23,25). The largest absolute Gasteiger partial charge is 0.360 e. The van der Waals surface area contributed by atoms with Crippen LogP contribution in [-0.4, -0.2) is 31.6 Å². The molecule has 0 aliphatic rings. The van der Waals surface area contributed by atoms with Crippen LogP contribution in [0.4, 0.5) is 5.82 Å². The first-order valence-corrected chi connectivity index (χ1v) is 9.91. The lowest BCUT2D eigenvalue weighted by molar-refractivity contribution is -0.115. The summed E-state index contributed by atoms with van der Waals surface area (Å²) in [5.74, 6) is 2.48. The quantitative estimate of drug-likeness (QED) is 0.588. The summed E-state index contributed by atoms with van der Waals surface area (Å²) >= 11 is 1.54. The van der Waals surface area contributed by atoms with Gasteiger partial charge in [0.05, 0.1) is 0 Å². The van der Waals surface area contributed by atoms with Crippen LogP contribution in [0, 0.1) is 13.8 Å². The van der Waals surface area contributed by atoms with Crippen LogP contribution in [0.5, 0.6) is 0 Å². The highest BCUT2D eigenvalue weighted by molar-refractivity contribution is 7.99. The number of benzene rings is 1. The predicted octanol–water partition coefficient (Wildman–Crippen LogP) is 4.08. The Morgan fingerprint density at radius 1 is 1.26 bits per heavy atom. The second kappa shape index (κ2) is 8.85. The van der Waals surface area contributed by atoms with Gasteiger partial charge in [-0.25, -0.2) is 0 Å². The van der Waals surface area contributed by atoms with Crippen LogP contribution in [-0.2, 0) is 11.3 Å². The molecule has 0 spiro atoms. The van der Waals surface area contributed by atoms with Gasteiger partial charge in [-0.05, 0) is 26.3 Å². The minimum absolute atomic E-state index is 0.101. The summed E-state index contributed by atoms with van der Waals surface area (Å²) in [5, 5.41) is 16.0. The van der Waals surface area contributed by atoms with E-state index >= 15 is 0 Å². The Balaban J connectivity index is 1.63. The summed E-state index contributed by atoms with van der Waals surface area (Å²) < 4.78 is 7.07. The number of nitrogens with one attached hydrogen (secondary N) is 1. The second-order valence-corrected chi connectivity index (χ2v) is 7.36. The molecular weight excluding hydrogens is 362 g/mol. The molecule has 1 aromatic carbocycles. The number of carbonyl (C=O) groups excluding carboxylic acids is 1. The lowest BCUT2D eigenvalue weighted by atomic mass is 10.1. The van der Waals surface area contributed by atoms with Crippen molar-refractivity contribution in [2.45, 2.75) is 45.3 Å². The normalized spacial score (nSPS) is 10.9. The molecule has 0 aliphatic carbocycles. The number of anilines is 1. The first kappa shape index (κ1) is 19.2. The molecule has 1 amide bonds. The maximum absolute atomic E-state index is 12.0. The van der Waals surface area contributed by atoms with Crippen LogP contribution in [0.15, 0.2) is 40.0 Å². The minimum atomic E-state index is -0.101. The van der Waals surface area contributed by atoms with Gasteiger partial charge < -0.3 is 14.4 Å². The van der Waals surface area contributed by atoms with Gasteiger partial charge in [-0.3, -0.25) is 4.79 Å². The average molecular weight is 385 g/mol. The fourth-order valence-corrected chi connectivity index (χ4v) is 3.59. The first-order valence-electron chi connectivity index (χ1n) is 8.93. The van der Waals surface area contributed by atoms with Gasteiger partial charge in [0.15, 0.2) is 16.8 Å². The molecule has 27 heavy (non-hydrogen) atoms. The van der Waals surface area contributed by atoms with Crippen molar-refractivity contribution in [1.82, 2.24) is 19.9 Å². The molecule has 0 aliphatic heterocycles. The number of aromatic nitrogens is 4. The van der Waals surface area contributed by atoms with Gasteiger partial charge in [-0.15, -0.1) is 10.2 Å². The highest BCUT2D eigenvalue weighted by Gasteiger charge is 2.15. The fraction of sp³-hybridized carbons (Fsp3) is 0.368. The zero-order valence-electron chi connectivity index (χ0n) is 15.7. The number of amides is 1. The first-order chi connectivity index (χ1) is 13.1. The molecular formula is C19H23N5O2S. The van der Waals surface area contributed by atoms with E-state index in [1.807, 2.05) is 12.1 Å². The maximum Gasteiger partial charge on any atom is 0.226 e. The topological polar surface area (TPSA) is 85.8 Å². The number of carbonyl (C=O) groups is 1. The van der Waals surface area contributed by atoms with E-state index in [2.05, 4.69) is 51.2 Å². The summed E-state index contributed by atoms with van der Waals surface area (Å²) in [4.78, 5) is 12.0. The highest BCUT2D eigenvalue weighted by Crippen LogP contribution is 2.25. The third-order valence-electron chi connectivity index (χ3n) is 3.90. The molecule has 0 atom stereocenters. The lowest BCUT2D eigenvalue weighted by Crippen LogP contribution is -2.12. The van der Waals surface area contributed by atoms with Crippen LogP contribution in [0.3, 0.4) is 0 Å². The molecule has 3 aromatic rings. The van der Waals surface area contributed by atoms with Crippen LogP contribution in [0.1, 0.15) is 31.1 Å². The van der Waals surface area contributed by atoms with E-state index in [0.29, 0.717) is 23.8 Å². The summed E-state index contributed by atoms with van der Waals surface area (Å²) in [5.41, 5.74) is 2.24. The molecule has 0 radical (unpaired) electrons. The number of thioether (sulfide) groups is 1. The monoisotopic (exact) mass is 385 g/mol. The van der Waals surface area contributed by atoms with Crippen molar-refractivity contribution in [3.63, 3.8) is 0 Å². The molecule has 3 rings (SSSR count). The zero-order chi connectivity index (χ0) is 19.2. The number of hydrogen-bond donors (Lipinski definition) is 1. The number of rotatable bonds is 8. The summed E-state index contributed by atoms with van der Waals surface area (Å²) in [6, 6.07) is 9.94. The number of nitrogens with zero attached hydrogens (tertiary/aromatic N) is 4. The van der Waals surface area contributed by atoms with Crippen LogP contribution >= 0.6 is 11.8 Å². The Hall–Kier alpha value is -2.61. The molecule has 0 fully saturated rings. The van der Waals surface area contributed by atoms with E-state index in [-0.39, 0.29) is 5.91 Å². The average Bonchev–Trinajstić information content (AvgIpc) is 3.22. The molecule has 2 aromatic heterocycles. The zero-order valence-corrected chi connectivity index (χ0v) is 16.5. The lowest BCUT2D eigenvalue weighted by Gasteiger charge is -2.09. The number of aryl methyl sites for hydroxylation is 2. The molecule has 0 saturated heterocycles. The molecule has 0 bridgehead atoms. The minimum Gasteiger partial charge on any atom is -0.360 e. The van der Waals surface area contributed by atoms with Crippen molar-refractivity contribution in [2.24, 2.45) is 0 Å². The summed E-state index contributed by atoms with van der Waals surface area (Å²) in [6.07, 6.45) is 1.34. The Bertz CT molecular complexity index is 918. The SMILES string of the molecule is CCCn1c(SCCC(=O)Nc2cc(C)on2)nnc1-c1cccc(C)c1. The Morgan fingerprint density at radius 3 is 2.81 bits per heavy atom. The van der Waals surface area contributed by atoms with Crippen LogP contribution in [0.2, 0.25) is 0 Å². The van der Waals surface area contributed by atoms with Crippen LogP contribution in [0.25, 0.3) is 11.4 Å². The van der Waals surface area contributed by atoms with Crippen molar-refractivity contribution < 1.29 is 9.32 Å². The third kappa shape index (κ3) is 4.97. The van der Waals surface area contributed by atoms with Gasteiger partial charge in [0.1, 0.15) is 5.76 Å². The fourth-order valence-electron chi connectivity index (χ4n) is 2.68. The van der Waals surface area contributed by atoms with Crippen molar-refractivity contribution in [3.05, 3.63) is 41.7 Å².